The van der Waals surface area contributed by atoms with Gasteiger partial charge in [-0.05, 0) is 25.8 Å². The summed E-state index contributed by atoms with van der Waals surface area (Å²) in [5.41, 5.74) is 3.23. The molecule has 1 heterocycles. The molecular formula is C11H21ClN2. The van der Waals surface area contributed by atoms with Crippen molar-refractivity contribution in [3.8, 4) is 0 Å². The average molecular weight is 217 g/mol. The third-order valence-electron chi connectivity index (χ3n) is 3.22. The standard InChI is InChI=1S/C11H21ClN2/c1-4-11(3)9-13-5-6-14(11)8-10(2)7-12/h7,13H,4-6,8-9H2,1-3H3/b10-7+. The van der Waals surface area contributed by atoms with Crippen LogP contribution in [0.3, 0.4) is 0 Å². The van der Waals surface area contributed by atoms with Crippen molar-refractivity contribution >= 4 is 11.6 Å². The van der Waals surface area contributed by atoms with Crippen LogP contribution >= 0.6 is 11.6 Å². The van der Waals surface area contributed by atoms with E-state index in [0.29, 0.717) is 5.54 Å². The molecule has 1 atom stereocenters. The third kappa shape index (κ3) is 2.72. The van der Waals surface area contributed by atoms with Gasteiger partial charge < -0.3 is 5.32 Å². The van der Waals surface area contributed by atoms with Gasteiger partial charge in [-0.3, -0.25) is 4.90 Å². The zero-order valence-electron chi connectivity index (χ0n) is 9.44. The Hall–Kier alpha value is -0.0500. The van der Waals surface area contributed by atoms with E-state index in [1.54, 1.807) is 5.54 Å². The maximum Gasteiger partial charge on any atom is 0.0307 e. The van der Waals surface area contributed by atoms with Gasteiger partial charge in [0.15, 0.2) is 0 Å². The lowest BCUT2D eigenvalue weighted by Gasteiger charge is -2.45. The van der Waals surface area contributed by atoms with Crippen molar-refractivity contribution < 1.29 is 0 Å². The average Bonchev–Trinajstić information content (AvgIpc) is 2.21. The highest BCUT2D eigenvalue weighted by atomic mass is 35.5. The van der Waals surface area contributed by atoms with Crippen molar-refractivity contribution in [2.45, 2.75) is 32.7 Å². The molecule has 1 aliphatic heterocycles. The van der Waals surface area contributed by atoms with Gasteiger partial charge in [-0.2, -0.15) is 0 Å². The van der Waals surface area contributed by atoms with Crippen LogP contribution in [0.5, 0.6) is 0 Å². The van der Waals surface area contributed by atoms with Crippen molar-refractivity contribution in [2.24, 2.45) is 0 Å². The minimum Gasteiger partial charge on any atom is -0.314 e. The molecule has 0 aromatic carbocycles. The van der Waals surface area contributed by atoms with Gasteiger partial charge in [-0.15, -0.1) is 0 Å². The highest BCUT2D eigenvalue weighted by Gasteiger charge is 2.32. The lowest BCUT2D eigenvalue weighted by atomic mass is 9.93. The smallest absolute Gasteiger partial charge is 0.0307 e. The molecule has 1 saturated heterocycles. The molecule has 3 heteroatoms. The third-order valence-corrected chi connectivity index (χ3v) is 3.59. The predicted molar refractivity (Wildman–Crippen MR) is 62.7 cm³/mol. The first-order valence-electron chi connectivity index (χ1n) is 5.34. The molecule has 1 rings (SSSR count). The van der Waals surface area contributed by atoms with E-state index in [4.69, 9.17) is 11.6 Å². The van der Waals surface area contributed by atoms with Gasteiger partial charge in [-0.25, -0.2) is 0 Å². The van der Waals surface area contributed by atoms with Crippen LogP contribution in [0.4, 0.5) is 0 Å². The van der Waals surface area contributed by atoms with Crippen molar-refractivity contribution in [1.82, 2.24) is 10.2 Å². The van der Waals surface area contributed by atoms with Crippen LogP contribution in [-0.2, 0) is 0 Å². The van der Waals surface area contributed by atoms with Crippen molar-refractivity contribution in [3.05, 3.63) is 11.1 Å². The van der Waals surface area contributed by atoms with Gasteiger partial charge in [0.2, 0.25) is 0 Å². The van der Waals surface area contributed by atoms with E-state index in [-0.39, 0.29) is 0 Å². The number of hydrogen-bond acceptors (Lipinski definition) is 2. The quantitative estimate of drug-likeness (QED) is 0.778. The van der Waals surface area contributed by atoms with Crippen LogP contribution in [-0.4, -0.2) is 36.6 Å². The maximum atomic E-state index is 5.70. The summed E-state index contributed by atoms with van der Waals surface area (Å²) in [6, 6.07) is 0. The number of hydrogen-bond donors (Lipinski definition) is 1. The second-order valence-electron chi connectivity index (χ2n) is 4.40. The maximum absolute atomic E-state index is 5.70. The Labute approximate surface area is 92.3 Å². The summed E-state index contributed by atoms with van der Waals surface area (Å²) in [6.45, 7) is 10.9. The summed E-state index contributed by atoms with van der Waals surface area (Å²) in [6.07, 6.45) is 1.18. The SMILES string of the molecule is CCC1(C)CNCCN1C/C(C)=C/Cl. The Morgan fingerprint density at radius 3 is 2.93 bits per heavy atom. The van der Waals surface area contributed by atoms with Crippen LogP contribution < -0.4 is 5.32 Å². The molecular weight excluding hydrogens is 196 g/mol. The molecule has 1 N–H and O–H groups in total. The minimum absolute atomic E-state index is 0.291. The molecule has 2 nitrogen and oxygen atoms in total. The van der Waals surface area contributed by atoms with Crippen LogP contribution in [0.2, 0.25) is 0 Å². The van der Waals surface area contributed by atoms with E-state index in [1.807, 2.05) is 0 Å². The summed E-state index contributed by atoms with van der Waals surface area (Å²) < 4.78 is 0. The van der Waals surface area contributed by atoms with Crippen LogP contribution in [0.25, 0.3) is 0 Å². The molecule has 0 aliphatic carbocycles. The molecule has 1 aliphatic rings. The molecule has 0 radical (unpaired) electrons. The Kier molecular flexibility index (Phi) is 4.42. The van der Waals surface area contributed by atoms with Gasteiger partial charge >= 0.3 is 0 Å². The molecule has 14 heavy (non-hydrogen) atoms. The fourth-order valence-corrected chi connectivity index (χ4v) is 1.98. The second-order valence-corrected chi connectivity index (χ2v) is 4.62. The van der Waals surface area contributed by atoms with E-state index in [0.717, 1.165) is 26.2 Å². The number of halogens is 1. The molecule has 0 aromatic rings. The fourth-order valence-electron chi connectivity index (χ4n) is 1.91. The molecule has 0 spiro atoms. The molecule has 1 fully saturated rings. The summed E-state index contributed by atoms with van der Waals surface area (Å²) in [5, 5.41) is 3.45. The fraction of sp³-hybridized carbons (Fsp3) is 0.818. The second kappa shape index (κ2) is 5.15. The lowest BCUT2D eigenvalue weighted by molar-refractivity contribution is 0.0816. The van der Waals surface area contributed by atoms with E-state index in [2.05, 4.69) is 31.0 Å². The monoisotopic (exact) mass is 216 g/mol. The Morgan fingerprint density at radius 1 is 1.64 bits per heavy atom. The predicted octanol–water partition coefficient (Wildman–Crippen LogP) is 2.20. The van der Waals surface area contributed by atoms with E-state index >= 15 is 0 Å². The summed E-state index contributed by atoms with van der Waals surface area (Å²) in [5.74, 6) is 0. The molecule has 82 valence electrons. The molecule has 0 bridgehead atoms. The van der Waals surface area contributed by atoms with Gasteiger partial charge in [0.1, 0.15) is 0 Å². The van der Waals surface area contributed by atoms with Crippen molar-refractivity contribution in [2.75, 3.05) is 26.2 Å². The number of piperazine rings is 1. The number of rotatable bonds is 3. The lowest BCUT2D eigenvalue weighted by Crippen LogP contribution is -2.59. The topological polar surface area (TPSA) is 15.3 Å². The Balaban J connectivity index is 2.63. The van der Waals surface area contributed by atoms with Gasteiger partial charge in [0, 0.05) is 37.3 Å². The molecule has 0 amide bonds. The number of nitrogens with one attached hydrogen (secondary N) is 1. The summed E-state index contributed by atoms with van der Waals surface area (Å²) >= 11 is 5.70. The first-order chi connectivity index (χ1) is 6.62. The first-order valence-corrected chi connectivity index (χ1v) is 5.77. The van der Waals surface area contributed by atoms with Gasteiger partial charge in [0.25, 0.3) is 0 Å². The normalized spacial score (nSPS) is 30.7. The first kappa shape index (κ1) is 12.0. The Bertz CT molecular complexity index is 215. The van der Waals surface area contributed by atoms with Crippen LogP contribution in [0.15, 0.2) is 11.1 Å². The zero-order valence-corrected chi connectivity index (χ0v) is 10.2. The summed E-state index contributed by atoms with van der Waals surface area (Å²) in [4.78, 5) is 2.53. The van der Waals surface area contributed by atoms with Crippen molar-refractivity contribution in [3.63, 3.8) is 0 Å². The van der Waals surface area contributed by atoms with E-state index < -0.39 is 0 Å². The summed E-state index contributed by atoms with van der Waals surface area (Å²) in [7, 11) is 0. The Morgan fingerprint density at radius 2 is 2.36 bits per heavy atom. The molecule has 0 aromatic heterocycles. The minimum atomic E-state index is 0.291. The molecule has 1 unspecified atom stereocenters. The highest BCUT2D eigenvalue weighted by Crippen LogP contribution is 2.21. The van der Waals surface area contributed by atoms with Crippen molar-refractivity contribution in [1.29, 1.82) is 0 Å². The molecule has 0 saturated carbocycles. The van der Waals surface area contributed by atoms with E-state index in [9.17, 15) is 0 Å². The highest BCUT2D eigenvalue weighted by molar-refractivity contribution is 6.25. The zero-order chi connectivity index (χ0) is 10.6. The van der Waals surface area contributed by atoms with Gasteiger partial charge in [0.05, 0.1) is 0 Å². The van der Waals surface area contributed by atoms with Crippen LogP contribution in [0.1, 0.15) is 27.2 Å². The number of nitrogens with zero attached hydrogens (tertiary/aromatic N) is 1. The van der Waals surface area contributed by atoms with E-state index in [1.165, 1.54) is 12.0 Å². The van der Waals surface area contributed by atoms with Crippen LogP contribution in [0, 0.1) is 0 Å². The largest absolute Gasteiger partial charge is 0.314 e. The van der Waals surface area contributed by atoms with Gasteiger partial charge in [-0.1, -0.05) is 18.5 Å².